The third-order valence-electron chi connectivity index (χ3n) is 5.55. The quantitative estimate of drug-likeness (QED) is 0.442. The second-order valence-electron chi connectivity index (χ2n) is 8.72. The molecule has 0 spiro atoms. The van der Waals surface area contributed by atoms with Gasteiger partial charge in [-0.05, 0) is 60.4 Å². The standard InChI is InChI=1S/C23H30N4.C3H8/c1-7-9-18-12-16(3)21(17(4)13-18)27-15-25-26-22(27)19-14-24-11-10-20(19)23(5,6)8-2;1-3-2/h10-15H,7-9H2,1-6H3;3H2,1-2H3. The Morgan fingerprint density at radius 1 is 1.00 bits per heavy atom. The van der Waals surface area contributed by atoms with Crippen LogP contribution in [0.25, 0.3) is 17.1 Å². The number of benzene rings is 1. The lowest BCUT2D eigenvalue weighted by Crippen LogP contribution is -2.18. The van der Waals surface area contributed by atoms with E-state index >= 15 is 0 Å². The summed E-state index contributed by atoms with van der Waals surface area (Å²) in [5, 5.41) is 8.74. The van der Waals surface area contributed by atoms with Gasteiger partial charge in [-0.2, -0.15) is 0 Å². The Morgan fingerprint density at radius 2 is 1.63 bits per heavy atom. The minimum Gasteiger partial charge on any atom is -0.281 e. The molecule has 2 heterocycles. The first kappa shape index (κ1) is 23.8. The molecule has 1 aromatic carbocycles. The van der Waals surface area contributed by atoms with Crippen molar-refractivity contribution in [3.05, 3.63) is 59.2 Å². The SMILES string of the molecule is CCC.CCCc1cc(C)c(-n2cnnc2-c2cnccc2C(C)(C)CC)c(C)c1. The van der Waals surface area contributed by atoms with Crippen LogP contribution in [0.4, 0.5) is 0 Å². The fraction of sp³-hybridized carbons (Fsp3) is 0.500. The lowest BCUT2D eigenvalue weighted by Gasteiger charge is -2.26. The van der Waals surface area contributed by atoms with Gasteiger partial charge in [0, 0.05) is 18.0 Å². The molecular weight excluding hydrogens is 368 g/mol. The van der Waals surface area contributed by atoms with Crippen molar-refractivity contribution in [1.29, 1.82) is 0 Å². The lowest BCUT2D eigenvalue weighted by atomic mass is 9.80. The summed E-state index contributed by atoms with van der Waals surface area (Å²) < 4.78 is 2.12. The van der Waals surface area contributed by atoms with Crippen molar-refractivity contribution in [2.24, 2.45) is 0 Å². The maximum absolute atomic E-state index is 4.49. The largest absolute Gasteiger partial charge is 0.281 e. The van der Waals surface area contributed by atoms with Crippen molar-refractivity contribution in [3.8, 4) is 17.1 Å². The van der Waals surface area contributed by atoms with Crippen LogP contribution in [-0.4, -0.2) is 19.7 Å². The van der Waals surface area contributed by atoms with E-state index < -0.39 is 0 Å². The van der Waals surface area contributed by atoms with Crippen LogP contribution in [0.2, 0.25) is 0 Å². The molecule has 0 bridgehead atoms. The number of rotatable bonds is 6. The maximum atomic E-state index is 4.49. The highest BCUT2D eigenvalue weighted by Crippen LogP contribution is 2.35. The van der Waals surface area contributed by atoms with Gasteiger partial charge >= 0.3 is 0 Å². The van der Waals surface area contributed by atoms with Gasteiger partial charge in [-0.25, -0.2) is 0 Å². The Hall–Kier alpha value is -2.49. The van der Waals surface area contributed by atoms with Crippen LogP contribution in [-0.2, 0) is 11.8 Å². The highest BCUT2D eigenvalue weighted by atomic mass is 15.3. The van der Waals surface area contributed by atoms with Crippen molar-refractivity contribution in [1.82, 2.24) is 19.7 Å². The van der Waals surface area contributed by atoms with Crippen molar-refractivity contribution in [3.63, 3.8) is 0 Å². The normalized spacial score (nSPS) is 11.2. The Kier molecular flexibility index (Phi) is 8.33. The van der Waals surface area contributed by atoms with Crippen LogP contribution in [0.1, 0.15) is 83.1 Å². The van der Waals surface area contributed by atoms with Gasteiger partial charge in [-0.3, -0.25) is 9.55 Å². The predicted octanol–water partition coefficient (Wildman–Crippen LogP) is 7.00. The number of aryl methyl sites for hydroxylation is 3. The average molecular weight is 407 g/mol. The van der Waals surface area contributed by atoms with Gasteiger partial charge in [0.05, 0.1) is 5.69 Å². The van der Waals surface area contributed by atoms with Crippen LogP contribution in [0.5, 0.6) is 0 Å². The second kappa shape index (κ2) is 10.5. The van der Waals surface area contributed by atoms with E-state index in [1.807, 2.05) is 18.7 Å². The number of hydrogen-bond donors (Lipinski definition) is 0. The summed E-state index contributed by atoms with van der Waals surface area (Å²) in [7, 11) is 0. The number of hydrogen-bond acceptors (Lipinski definition) is 3. The molecule has 0 aliphatic heterocycles. The van der Waals surface area contributed by atoms with Gasteiger partial charge in [0.1, 0.15) is 6.33 Å². The van der Waals surface area contributed by atoms with Crippen LogP contribution >= 0.6 is 0 Å². The smallest absolute Gasteiger partial charge is 0.170 e. The fourth-order valence-corrected chi connectivity index (χ4v) is 3.79. The zero-order valence-electron chi connectivity index (χ0n) is 20.1. The summed E-state index contributed by atoms with van der Waals surface area (Å²) in [6.45, 7) is 17.6. The Bertz CT molecular complexity index is 930. The van der Waals surface area contributed by atoms with E-state index in [2.05, 4.69) is 93.3 Å². The van der Waals surface area contributed by atoms with E-state index in [1.54, 1.807) is 0 Å². The first-order valence-electron chi connectivity index (χ1n) is 11.3. The zero-order valence-corrected chi connectivity index (χ0v) is 20.1. The fourth-order valence-electron chi connectivity index (χ4n) is 3.79. The number of aromatic nitrogens is 4. The number of pyridine rings is 1. The minimum absolute atomic E-state index is 0.0458. The van der Waals surface area contributed by atoms with Crippen LogP contribution in [0.15, 0.2) is 36.9 Å². The summed E-state index contributed by atoms with van der Waals surface area (Å²) in [6.07, 6.45) is 10.2. The molecule has 0 aliphatic carbocycles. The maximum Gasteiger partial charge on any atom is 0.170 e. The molecule has 0 amide bonds. The molecule has 0 aliphatic rings. The summed E-state index contributed by atoms with van der Waals surface area (Å²) >= 11 is 0. The molecule has 3 aromatic rings. The molecule has 3 rings (SSSR count). The van der Waals surface area contributed by atoms with Crippen molar-refractivity contribution in [2.45, 2.75) is 86.5 Å². The summed E-state index contributed by atoms with van der Waals surface area (Å²) in [4.78, 5) is 4.39. The van der Waals surface area contributed by atoms with Crippen molar-refractivity contribution in [2.75, 3.05) is 0 Å². The van der Waals surface area contributed by atoms with E-state index in [1.165, 1.54) is 34.4 Å². The van der Waals surface area contributed by atoms with E-state index in [0.29, 0.717) is 0 Å². The Labute approximate surface area is 182 Å². The van der Waals surface area contributed by atoms with Gasteiger partial charge in [-0.1, -0.05) is 66.5 Å². The summed E-state index contributed by atoms with van der Waals surface area (Å²) in [5.41, 5.74) is 7.41. The molecule has 0 unspecified atom stereocenters. The van der Waals surface area contributed by atoms with Gasteiger partial charge < -0.3 is 0 Å². The van der Waals surface area contributed by atoms with E-state index in [-0.39, 0.29) is 5.41 Å². The molecular formula is C26H38N4. The third-order valence-corrected chi connectivity index (χ3v) is 5.55. The Morgan fingerprint density at radius 3 is 2.20 bits per heavy atom. The molecule has 0 atom stereocenters. The highest BCUT2D eigenvalue weighted by Gasteiger charge is 2.25. The molecule has 162 valence electrons. The highest BCUT2D eigenvalue weighted by molar-refractivity contribution is 5.65. The minimum atomic E-state index is 0.0458. The van der Waals surface area contributed by atoms with E-state index in [9.17, 15) is 0 Å². The third kappa shape index (κ3) is 5.16. The molecule has 30 heavy (non-hydrogen) atoms. The lowest BCUT2D eigenvalue weighted by molar-refractivity contribution is 0.506. The molecule has 0 fully saturated rings. The van der Waals surface area contributed by atoms with Gasteiger partial charge in [-0.15, -0.1) is 10.2 Å². The van der Waals surface area contributed by atoms with Gasteiger partial charge in [0.2, 0.25) is 0 Å². The zero-order chi connectivity index (χ0) is 22.3. The average Bonchev–Trinajstić information content (AvgIpc) is 3.17. The summed E-state index contributed by atoms with van der Waals surface area (Å²) in [6, 6.07) is 6.69. The van der Waals surface area contributed by atoms with Gasteiger partial charge in [0.25, 0.3) is 0 Å². The molecule has 2 aromatic heterocycles. The monoisotopic (exact) mass is 406 g/mol. The van der Waals surface area contributed by atoms with Crippen molar-refractivity contribution < 1.29 is 0 Å². The van der Waals surface area contributed by atoms with Crippen LogP contribution < -0.4 is 0 Å². The number of nitrogens with zero attached hydrogens (tertiary/aromatic N) is 4. The van der Waals surface area contributed by atoms with Crippen molar-refractivity contribution >= 4 is 0 Å². The van der Waals surface area contributed by atoms with Gasteiger partial charge in [0.15, 0.2) is 5.82 Å². The van der Waals surface area contributed by atoms with Crippen LogP contribution in [0.3, 0.4) is 0 Å². The molecule has 0 saturated carbocycles. The topological polar surface area (TPSA) is 43.6 Å². The van der Waals surface area contributed by atoms with E-state index in [0.717, 1.165) is 30.7 Å². The second-order valence-corrected chi connectivity index (χ2v) is 8.72. The van der Waals surface area contributed by atoms with E-state index in [4.69, 9.17) is 0 Å². The predicted molar refractivity (Wildman–Crippen MR) is 127 cm³/mol. The Balaban J connectivity index is 0.00000101. The molecule has 0 radical (unpaired) electrons. The first-order chi connectivity index (χ1) is 14.3. The first-order valence-corrected chi connectivity index (χ1v) is 11.3. The summed E-state index contributed by atoms with van der Waals surface area (Å²) in [5.74, 6) is 0.856. The molecule has 4 heteroatoms. The molecule has 4 nitrogen and oxygen atoms in total. The molecule has 0 saturated heterocycles. The molecule has 0 N–H and O–H groups in total. The van der Waals surface area contributed by atoms with Crippen LogP contribution in [0, 0.1) is 13.8 Å².